The van der Waals surface area contributed by atoms with Crippen LogP contribution in [0.2, 0.25) is 0 Å². The van der Waals surface area contributed by atoms with E-state index in [2.05, 4.69) is 5.32 Å². The third-order valence-corrected chi connectivity index (χ3v) is 6.38. The Balaban J connectivity index is 1.40. The maximum absolute atomic E-state index is 13.5. The molecule has 2 fully saturated rings. The number of furan rings is 1. The molecular weight excluding hydrogens is 380 g/mol. The smallest absolute Gasteiger partial charge is 0.259 e. The van der Waals surface area contributed by atoms with Crippen LogP contribution < -0.4 is 5.32 Å². The monoisotopic (exact) mass is 410 g/mol. The van der Waals surface area contributed by atoms with Crippen LogP contribution in [0.5, 0.6) is 0 Å². The van der Waals surface area contributed by atoms with Crippen molar-refractivity contribution in [2.24, 2.45) is 5.92 Å². The molecule has 0 bridgehead atoms. The second-order valence-electron chi connectivity index (χ2n) is 8.17. The predicted molar refractivity (Wildman–Crippen MR) is 114 cm³/mol. The number of hydrogen-bond donors (Lipinski definition) is 3. The van der Waals surface area contributed by atoms with Crippen LogP contribution in [0.25, 0.3) is 0 Å². The summed E-state index contributed by atoms with van der Waals surface area (Å²) >= 11 is 0. The third-order valence-electron chi connectivity index (χ3n) is 6.38. The molecule has 1 aliphatic heterocycles. The van der Waals surface area contributed by atoms with Crippen molar-refractivity contribution in [1.29, 1.82) is 5.41 Å². The Morgan fingerprint density at radius 2 is 1.73 bits per heavy atom. The molecule has 0 unspecified atom stereocenters. The van der Waals surface area contributed by atoms with Crippen molar-refractivity contribution in [3.8, 4) is 0 Å². The van der Waals surface area contributed by atoms with Gasteiger partial charge in [0.2, 0.25) is 0 Å². The molecular formula is C23H30N4O3. The zero-order valence-electron chi connectivity index (χ0n) is 17.2. The number of nitrogens with zero attached hydrogens (tertiary/aromatic N) is 2. The van der Waals surface area contributed by atoms with Crippen LogP contribution in [0.15, 0.2) is 53.1 Å². The van der Waals surface area contributed by atoms with Gasteiger partial charge in [-0.05, 0) is 30.5 Å². The topological polar surface area (TPSA) is 92.8 Å². The average molecular weight is 411 g/mol. The Labute approximate surface area is 177 Å². The van der Waals surface area contributed by atoms with E-state index < -0.39 is 5.60 Å². The fourth-order valence-electron chi connectivity index (χ4n) is 4.64. The Hall–Kier alpha value is -2.80. The lowest BCUT2D eigenvalue weighted by Gasteiger charge is -2.42. The SMILES string of the molecule is N=C(NCc1ccco1)N1CCN(C(=O)[C@](O)(c2ccccc2)C2CCCC2)CC1. The molecule has 7 nitrogen and oxygen atoms in total. The quantitative estimate of drug-likeness (QED) is 0.520. The van der Waals surface area contributed by atoms with Crippen molar-refractivity contribution in [3.63, 3.8) is 0 Å². The predicted octanol–water partition coefficient (Wildman–Crippen LogP) is 2.53. The van der Waals surface area contributed by atoms with Crippen LogP contribution >= 0.6 is 0 Å². The van der Waals surface area contributed by atoms with Crippen LogP contribution in [0.1, 0.15) is 37.0 Å². The van der Waals surface area contributed by atoms with E-state index in [9.17, 15) is 9.90 Å². The standard InChI is InChI=1S/C23H30N4O3/c24-22(25-17-20-11-6-16-30-20)27-14-12-26(13-15-27)21(28)23(29,19-9-4-5-10-19)18-7-2-1-3-8-18/h1-3,6-8,11,16,19,29H,4-5,9-10,12-15,17H2,(H2,24,25)/t23-/m0/s1. The molecule has 1 aromatic heterocycles. The molecule has 0 spiro atoms. The molecule has 0 radical (unpaired) electrons. The molecule has 3 N–H and O–H groups in total. The van der Waals surface area contributed by atoms with Gasteiger partial charge in [0, 0.05) is 32.1 Å². The first kappa shape index (κ1) is 20.5. The number of hydrogen-bond acceptors (Lipinski definition) is 4. The van der Waals surface area contributed by atoms with Crippen LogP contribution in [-0.2, 0) is 16.9 Å². The minimum atomic E-state index is -1.47. The van der Waals surface area contributed by atoms with Crippen molar-refractivity contribution in [2.75, 3.05) is 26.2 Å². The van der Waals surface area contributed by atoms with Gasteiger partial charge in [-0.1, -0.05) is 43.2 Å². The highest BCUT2D eigenvalue weighted by Crippen LogP contribution is 2.42. The molecule has 2 aliphatic rings. The van der Waals surface area contributed by atoms with Crippen LogP contribution in [0.4, 0.5) is 0 Å². The van der Waals surface area contributed by atoms with Gasteiger partial charge in [-0.2, -0.15) is 0 Å². The number of benzene rings is 1. The molecule has 7 heteroatoms. The number of amides is 1. The summed E-state index contributed by atoms with van der Waals surface area (Å²) in [6, 6.07) is 13.1. The average Bonchev–Trinajstić information content (AvgIpc) is 3.52. The summed E-state index contributed by atoms with van der Waals surface area (Å²) in [6.07, 6.45) is 5.47. The van der Waals surface area contributed by atoms with Gasteiger partial charge in [-0.15, -0.1) is 0 Å². The highest BCUT2D eigenvalue weighted by Gasteiger charge is 2.48. The summed E-state index contributed by atoms with van der Waals surface area (Å²) in [6.45, 7) is 2.56. The first-order chi connectivity index (χ1) is 14.6. The Kier molecular flexibility index (Phi) is 6.08. The number of carbonyl (C=O) groups is 1. The number of rotatable bonds is 5. The van der Waals surface area contributed by atoms with E-state index in [0.29, 0.717) is 44.2 Å². The van der Waals surface area contributed by atoms with Crippen molar-refractivity contribution in [1.82, 2.24) is 15.1 Å². The summed E-state index contributed by atoms with van der Waals surface area (Å²) in [5, 5.41) is 23.0. The van der Waals surface area contributed by atoms with E-state index in [0.717, 1.165) is 31.4 Å². The zero-order chi connectivity index (χ0) is 21.0. The lowest BCUT2D eigenvalue weighted by Crippen LogP contribution is -2.58. The molecule has 1 amide bonds. The summed E-state index contributed by atoms with van der Waals surface area (Å²) in [4.78, 5) is 17.2. The Bertz CT molecular complexity index is 841. The molecule has 2 aromatic rings. The first-order valence-corrected chi connectivity index (χ1v) is 10.8. The van der Waals surface area contributed by atoms with Crippen LogP contribution in [-0.4, -0.2) is 53.0 Å². The van der Waals surface area contributed by atoms with E-state index in [1.165, 1.54) is 0 Å². The van der Waals surface area contributed by atoms with Gasteiger partial charge in [0.1, 0.15) is 5.76 Å². The number of nitrogens with one attached hydrogen (secondary N) is 2. The Morgan fingerprint density at radius 1 is 1.07 bits per heavy atom. The number of aliphatic hydroxyl groups is 1. The number of piperazine rings is 1. The van der Waals surface area contributed by atoms with Gasteiger partial charge < -0.3 is 24.6 Å². The maximum Gasteiger partial charge on any atom is 0.259 e. The fraction of sp³-hybridized carbons (Fsp3) is 0.478. The summed E-state index contributed by atoms with van der Waals surface area (Å²) < 4.78 is 5.29. The van der Waals surface area contributed by atoms with Gasteiger partial charge in [0.15, 0.2) is 11.6 Å². The molecule has 1 atom stereocenters. The molecule has 160 valence electrons. The van der Waals surface area contributed by atoms with E-state index in [-0.39, 0.29) is 11.8 Å². The van der Waals surface area contributed by atoms with Crippen molar-refractivity contribution in [2.45, 2.75) is 37.8 Å². The molecule has 2 heterocycles. The fourth-order valence-corrected chi connectivity index (χ4v) is 4.64. The Morgan fingerprint density at radius 3 is 2.37 bits per heavy atom. The number of carbonyl (C=O) groups excluding carboxylic acids is 1. The van der Waals surface area contributed by atoms with Crippen molar-refractivity contribution >= 4 is 11.9 Å². The number of guanidine groups is 1. The first-order valence-electron chi connectivity index (χ1n) is 10.8. The lowest BCUT2D eigenvalue weighted by atomic mass is 9.79. The second kappa shape index (κ2) is 8.92. The van der Waals surface area contributed by atoms with E-state index in [1.54, 1.807) is 11.2 Å². The minimum Gasteiger partial charge on any atom is -0.467 e. The van der Waals surface area contributed by atoms with Gasteiger partial charge in [0.25, 0.3) is 5.91 Å². The summed E-state index contributed by atoms with van der Waals surface area (Å²) in [7, 11) is 0. The molecule has 1 saturated carbocycles. The van der Waals surface area contributed by atoms with Gasteiger partial charge in [-0.25, -0.2) is 0 Å². The van der Waals surface area contributed by atoms with Crippen molar-refractivity contribution in [3.05, 3.63) is 60.1 Å². The summed E-state index contributed by atoms with van der Waals surface area (Å²) in [5.74, 6) is 0.861. The molecule has 30 heavy (non-hydrogen) atoms. The van der Waals surface area contributed by atoms with Gasteiger partial charge in [0.05, 0.1) is 12.8 Å². The molecule has 4 rings (SSSR count). The molecule has 1 aromatic carbocycles. The van der Waals surface area contributed by atoms with E-state index in [1.807, 2.05) is 47.4 Å². The van der Waals surface area contributed by atoms with Gasteiger partial charge >= 0.3 is 0 Å². The van der Waals surface area contributed by atoms with Crippen molar-refractivity contribution < 1.29 is 14.3 Å². The molecule has 1 saturated heterocycles. The minimum absolute atomic E-state index is 0.0429. The van der Waals surface area contributed by atoms with E-state index >= 15 is 0 Å². The third kappa shape index (κ3) is 4.07. The van der Waals surface area contributed by atoms with E-state index in [4.69, 9.17) is 9.83 Å². The van der Waals surface area contributed by atoms with Crippen LogP contribution in [0, 0.1) is 11.3 Å². The second-order valence-corrected chi connectivity index (χ2v) is 8.17. The van der Waals surface area contributed by atoms with Crippen LogP contribution in [0.3, 0.4) is 0 Å². The van der Waals surface area contributed by atoms with Gasteiger partial charge in [-0.3, -0.25) is 10.2 Å². The normalized spacial score (nSPS) is 19.5. The molecule has 1 aliphatic carbocycles. The zero-order valence-corrected chi connectivity index (χ0v) is 17.2. The summed E-state index contributed by atoms with van der Waals surface area (Å²) in [5.41, 5.74) is -0.775. The highest BCUT2D eigenvalue weighted by molar-refractivity contribution is 5.87. The lowest BCUT2D eigenvalue weighted by molar-refractivity contribution is -0.160. The highest BCUT2D eigenvalue weighted by atomic mass is 16.3. The largest absolute Gasteiger partial charge is 0.467 e. The maximum atomic E-state index is 13.5.